The number of amides is 2. The van der Waals surface area contributed by atoms with E-state index >= 15 is 0 Å². The smallest absolute Gasteiger partial charge is 0.241 e. The Labute approximate surface area is 103 Å². The Hall–Kier alpha value is -1.10. The summed E-state index contributed by atoms with van der Waals surface area (Å²) in [6.07, 6.45) is 1.67. The molecule has 2 amide bonds. The van der Waals surface area contributed by atoms with Crippen LogP contribution in [0.5, 0.6) is 0 Å². The van der Waals surface area contributed by atoms with Crippen molar-refractivity contribution in [3.63, 3.8) is 0 Å². The van der Waals surface area contributed by atoms with Crippen molar-refractivity contribution in [2.75, 3.05) is 34.2 Å². The number of rotatable bonds is 4. The van der Waals surface area contributed by atoms with Crippen LogP contribution in [0, 0.1) is 11.3 Å². The predicted octanol–water partition coefficient (Wildman–Crippen LogP) is -0.0920. The van der Waals surface area contributed by atoms with Gasteiger partial charge in [-0.15, -0.1) is 0 Å². The summed E-state index contributed by atoms with van der Waals surface area (Å²) in [6.45, 7) is 2.62. The molecular formula is C12H23N3O2. The van der Waals surface area contributed by atoms with Crippen LogP contribution in [0.2, 0.25) is 0 Å². The summed E-state index contributed by atoms with van der Waals surface area (Å²) in [5, 5.41) is 0. The molecule has 0 heterocycles. The first-order valence-corrected chi connectivity index (χ1v) is 5.98. The van der Waals surface area contributed by atoms with Crippen LogP contribution in [0.1, 0.15) is 19.8 Å². The van der Waals surface area contributed by atoms with Crippen molar-refractivity contribution in [1.82, 2.24) is 9.80 Å². The first-order chi connectivity index (χ1) is 7.82. The van der Waals surface area contributed by atoms with Crippen LogP contribution in [-0.4, -0.2) is 55.8 Å². The number of hydrogen-bond acceptors (Lipinski definition) is 3. The largest absolute Gasteiger partial charge is 0.347 e. The average Bonchev–Trinajstić information content (AvgIpc) is 2.23. The zero-order valence-electron chi connectivity index (χ0n) is 11.2. The molecule has 1 aliphatic rings. The van der Waals surface area contributed by atoms with Gasteiger partial charge in [0, 0.05) is 27.7 Å². The summed E-state index contributed by atoms with van der Waals surface area (Å²) in [7, 11) is 5.04. The standard InChI is InChI=1S/C12H23N3O2/c1-9-5-12(6-9,8-13)11(17)15(4)7-10(16)14(2)3/h9H,5-8,13H2,1-4H3. The topological polar surface area (TPSA) is 66.6 Å². The molecule has 0 aliphatic heterocycles. The maximum absolute atomic E-state index is 12.3. The summed E-state index contributed by atoms with van der Waals surface area (Å²) in [5.41, 5.74) is 5.30. The normalized spacial score (nSPS) is 27.2. The Morgan fingerprint density at radius 1 is 1.29 bits per heavy atom. The van der Waals surface area contributed by atoms with Crippen LogP contribution >= 0.6 is 0 Å². The molecule has 0 aromatic heterocycles. The fourth-order valence-electron chi connectivity index (χ4n) is 2.52. The molecule has 0 aromatic carbocycles. The Bertz CT molecular complexity index is 309. The summed E-state index contributed by atoms with van der Waals surface area (Å²) >= 11 is 0. The maximum Gasteiger partial charge on any atom is 0.241 e. The van der Waals surface area contributed by atoms with Crippen molar-refractivity contribution in [2.24, 2.45) is 17.1 Å². The highest BCUT2D eigenvalue weighted by Crippen LogP contribution is 2.45. The SMILES string of the molecule is CC1CC(CN)(C(=O)N(C)CC(=O)N(C)C)C1. The molecule has 1 rings (SSSR count). The lowest BCUT2D eigenvalue weighted by molar-refractivity contribution is -0.151. The third kappa shape index (κ3) is 2.77. The zero-order valence-corrected chi connectivity index (χ0v) is 11.2. The third-order valence-electron chi connectivity index (χ3n) is 3.54. The van der Waals surface area contributed by atoms with E-state index in [0.29, 0.717) is 12.5 Å². The highest BCUT2D eigenvalue weighted by Gasteiger charge is 2.48. The van der Waals surface area contributed by atoms with Gasteiger partial charge >= 0.3 is 0 Å². The first kappa shape index (κ1) is 14.0. The van der Waals surface area contributed by atoms with Crippen molar-refractivity contribution < 1.29 is 9.59 Å². The fraction of sp³-hybridized carbons (Fsp3) is 0.833. The van der Waals surface area contributed by atoms with Gasteiger partial charge in [0.2, 0.25) is 11.8 Å². The van der Waals surface area contributed by atoms with Crippen LogP contribution in [0.4, 0.5) is 0 Å². The zero-order chi connectivity index (χ0) is 13.2. The summed E-state index contributed by atoms with van der Waals surface area (Å²) < 4.78 is 0. The van der Waals surface area contributed by atoms with Crippen molar-refractivity contribution in [3.8, 4) is 0 Å². The lowest BCUT2D eigenvalue weighted by atomic mass is 9.62. The molecule has 5 heteroatoms. The first-order valence-electron chi connectivity index (χ1n) is 5.98. The highest BCUT2D eigenvalue weighted by atomic mass is 16.2. The number of nitrogens with two attached hydrogens (primary N) is 1. The second-order valence-corrected chi connectivity index (χ2v) is 5.45. The molecule has 1 fully saturated rings. The van der Waals surface area contributed by atoms with Gasteiger partial charge < -0.3 is 15.5 Å². The number of hydrogen-bond donors (Lipinski definition) is 1. The molecule has 0 aromatic rings. The molecule has 0 atom stereocenters. The van der Waals surface area contributed by atoms with Gasteiger partial charge in [-0.3, -0.25) is 9.59 Å². The summed E-state index contributed by atoms with van der Waals surface area (Å²) in [6, 6.07) is 0. The van der Waals surface area contributed by atoms with E-state index in [1.54, 1.807) is 21.1 Å². The van der Waals surface area contributed by atoms with E-state index in [0.717, 1.165) is 12.8 Å². The molecule has 2 N–H and O–H groups in total. The second kappa shape index (κ2) is 5.04. The second-order valence-electron chi connectivity index (χ2n) is 5.45. The summed E-state index contributed by atoms with van der Waals surface area (Å²) in [5.74, 6) is 0.495. The number of likely N-dealkylation sites (N-methyl/N-ethyl adjacent to an activating group) is 2. The van der Waals surface area contributed by atoms with E-state index in [4.69, 9.17) is 5.73 Å². The van der Waals surface area contributed by atoms with E-state index in [1.165, 1.54) is 9.80 Å². The number of carbonyl (C=O) groups is 2. The molecule has 1 aliphatic carbocycles. The van der Waals surface area contributed by atoms with E-state index in [2.05, 4.69) is 6.92 Å². The van der Waals surface area contributed by atoms with Crippen LogP contribution in [0.3, 0.4) is 0 Å². The molecule has 0 unspecified atom stereocenters. The lowest BCUT2D eigenvalue weighted by Gasteiger charge is -2.46. The van der Waals surface area contributed by atoms with Crippen LogP contribution in [0.25, 0.3) is 0 Å². The summed E-state index contributed by atoms with van der Waals surface area (Å²) in [4.78, 5) is 26.8. The molecule has 0 radical (unpaired) electrons. The van der Waals surface area contributed by atoms with E-state index in [1.807, 2.05) is 0 Å². The molecule has 0 saturated heterocycles. The minimum absolute atomic E-state index is 0.00769. The van der Waals surface area contributed by atoms with E-state index in [9.17, 15) is 9.59 Å². The van der Waals surface area contributed by atoms with Gasteiger partial charge in [0.25, 0.3) is 0 Å². The Morgan fingerprint density at radius 3 is 2.18 bits per heavy atom. The Kier molecular flexibility index (Phi) is 4.14. The maximum atomic E-state index is 12.3. The minimum atomic E-state index is -0.416. The van der Waals surface area contributed by atoms with E-state index in [-0.39, 0.29) is 18.4 Å². The van der Waals surface area contributed by atoms with Gasteiger partial charge in [-0.25, -0.2) is 0 Å². The number of nitrogens with zero attached hydrogens (tertiary/aromatic N) is 2. The molecule has 5 nitrogen and oxygen atoms in total. The van der Waals surface area contributed by atoms with E-state index < -0.39 is 5.41 Å². The van der Waals surface area contributed by atoms with Gasteiger partial charge in [-0.05, 0) is 18.8 Å². The van der Waals surface area contributed by atoms with Gasteiger partial charge in [-0.1, -0.05) is 6.92 Å². The molecule has 0 bridgehead atoms. The molecular weight excluding hydrogens is 218 g/mol. The Morgan fingerprint density at radius 2 is 1.82 bits per heavy atom. The predicted molar refractivity (Wildman–Crippen MR) is 66.2 cm³/mol. The van der Waals surface area contributed by atoms with Gasteiger partial charge in [-0.2, -0.15) is 0 Å². The monoisotopic (exact) mass is 241 g/mol. The molecule has 17 heavy (non-hydrogen) atoms. The van der Waals surface area contributed by atoms with Gasteiger partial charge in [0.05, 0.1) is 12.0 Å². The van der Waals surface area contributed by atoms with Crippen LogP contribution in [-0.2, 0) is 9.59 Å². The Balaban J connectivity index is 2.60. The minimum Gasteiger partial charge on any atom is -0.347 e. The lowest BCUT2D eigenvalue weighted by Crippen LogP contribution is -2.55. The quantitative estimate of drug-likeness (QED) is 0.748. The van der Waals surface area contributed by atoms with Crippen molar-refractivity contribution in [1.29, 1.82) is 0 Å². The average molecular weight is 241 g/mol. The van der Waals surface area contributed by atoms with Crippen LogP contribution in [0.15, 0.2) is 0 Å². The fourth-order valence-corrected chi connectivity index (χ4v) is 2.52. The van der Waals surface area contributed by atoms with Crippen LogP contribution < -0.4 is 5.73 Å². The van der Waals surface area contributed by atoms with Crippen molar-refractivity contribution >= 4 is 11.8 Å². The van der Waals surface area contributed by atoms with Crippen molar-refractivity contribution in [3.05, 3.63) is 0 Å². The number of carbonyl (C=O) groups excluding carboxylic acids is 2. The van der Waals surface area contributed by atoms with Gasteiger partial charge in [0.15, 0.2) is 0 Å². The molecule has 0 spiro atoms. The van der Waals surface area contributed by atoms with Gasteiger partial charge in [0.1, 0.15) is 0 Å². The third-order valence-corrected chi connectivity index (χ3v) is 3.54. The highest BCUT2D eigenvalue weighted by molar-refractivity contribution is 5.88. The molecule has 1 saturated carbocycles. The van der Waals surface area contributed by atoms with Crippen molar-refractivity contribution in [2.45, 2.75) is 19.8 Å². The molecule has 98 valence electrons.